The van der Waals surface area contributed by atoms with Crippen LogP contribution < -0.4 is 15.8 Å². The number of alkyl halides is 3. The normalized spacial score (nSPS) is 11.3. The number of para-hydroxylation sites is 1. The molecule has 1 aromatic rings. The van der Waals surface area contributed by atoms with Gasteiger partial charge in [0.25, 0.3) is 0 Å². The summed E-state index contributed by atoms with van der Waals surface area (Å²) in [5.74, 6) is -0.479. The monoisotopic (exact) mass is 318 g/mol. The molecule has 0 radical (unpaired) electrons. The lowest BCUT2D eigenvalue weighted by molar-refractivity contribution is -0.274. The third-order valence-electron chi connectivity index (χ3n) is 3.03. The highest BCUT2D eigenvalue weighted by molar-refractivity contribution is 5.75. The average Bonchev–Trinajstić information content (AvgIpc) is 2.44. The summed E-state index contributed by atoms with van der Waals surface area (Å²) >= 11 is 0. The van der Waals surface area contributed by atoms with Crippen LogP contribution in [0.15, 0.2) is 24.3 Å². The number of benzene rings is 1. The molecule has 1 aromatic carbocycles. The second kappa shape index (κ2) is 9.30. The van der Waals surface area contributed by atoms with Crippen molar-refractivity contribution >= 4 is 5.91 Å². The van der Waals surface area contributed by atoms with E-state index in [0.717, 1.165) is 25.7 Å². The third-order valence-corrected chi connectivity index (χ3v) is 3.03. The van der Waals surface area contributed by atoms with Crippen LogP contribution in [0.25, 0.3) is 0 Å². The largest absolute Gasteiger partial charge is 0.573 e. The lowest BCUT2D eigenvalue weighted by Gasteiger charge is -2.13. The van der Waals surface area contributed by atoms with Gasteiger partial charge in [-0.2, -0.15) is 0 Å². The van der Waals surface area contributed by atoms with Crippen molar-refractivity contribution < 1.29 is 22.7 Å². The van der Waals surface area contributed by atoms with Gasteiger partial charge in [0, 0.05) is 18.5 Å². The van der Waals surface area contributed by atoms with Crippen molar-refractivity contribution in [2.75, 3.05) is 6.54 Å². The Labute approximate surface area is 127 Å². The first-order valence-electron chi connectivity index (χ1n) is 7.23. The molecule has 0 aliphatic carbocycles. The number of carbonyl (C=O) groups is 1. The molecule has 0 atom stereocenters. The van der Waals surface area contributed by atoms with E-state index in [9.17, 15) is 18.0 Å². The second-order valence-corrected chi connectivity index (χ2v) is 4.89. The number of carbonyl (C=O) groups excluding carboxylic acids is 1. The van der Waals surface area contributed by atoms with E-state index in [0.29, 0.717) is 13.0 Å². The highest BCUT2D eigenvalue weighted by Crippen LogP contribution is 2.26. The van der Waals surface area contributed by atoms with Gasteiger partial charge in [0.2, 0.25) is 5.91 Å². The molecular weight excluding hydrogens is 297 g/mol. The van der Waals surface area contributed by atoms with E-state index in [2.05, 4.69) is 10.1 Å². The Balaban J connectivity index is 2.39. The number of rotatable bonds is 9. The molecule has 0 saturated heterocycles. The Bertz CT molecular complexity index is 464. The summed E-state index contributed by atoms with van der Waals surface area (Å²) in [5.41, 5.74) is 5.66. The maximum absolute atomic E-state index is 12.3. The van der Waals surface area contributed by atoms with Crippen molar-refractivity contribution in [1.29, 1.82) is 0 Å². The number of amides is 1. The van der Waals surface area contributed by atoms with E-state index in [1.807, 2.05) is 0 Å². The number of unbranched alkanes of at least 4 members (excludes halogenated alkanes) is 3. The maximum atomic E-state index is 12.3. The molecule has 0 heterocycles. The van der Waals surface area contributed by atoms with Gasteiger partial charge in [0.1, 0.15) is 5.75 Å². The minimum Gasteiger partial charge on any atom is -0.405 e. The number of hydrogen-bond acceptors (Lipinski definition) is 3. The predicted octanol–water partition coefficient (Wildman–Crippen LogP) is 3.11. The van der Waals surface area contributed by atoms with E-state index in [4.69, 9.17) is 5.73 Å². The molecule has 0 aliphatic heterocycles. The first-order chi connectivity index (χ1) is 10.4. The van der Waals surface area contributed by atoms with Crippen LogP contribution in [0.1, 0.15) is 37.7 Å². The van der Waals surface area contributed by atoms with Gasteiger partial charge in [-0.1, -0.05) is 31.0 Å². The smallest absolute Gasteiger partial charge is 0.405 e. The second-order valence-electron chi connectivity index (χ2n) is 4.89. The van der Waals surface area contributed by atoms with Crippen molar-refractivity contribution in [2.45, 2.75) is 45.0 Å². The van der Waals surface area contributed by atoms with Gasteiger partial charge < -0.3 is 15.8 Å². The van der Waals surface area contributed by atoms with Crippen molar-refractivity contribution in [1.82, 2.24) is 5.32 Å². The summed E-state index contributed by atoms with van der Waals surface area (Å²) in [4.78, 5) is 11.6. The van der Waals surface area contributed by atoms with Gasteiger partial charge in [0.05, 0.1) is 0 Å². The molecule has 0 fully saturated rings. The molecule has 1 rings (SSSR count). The third kappa shape index (κ3) is 7.87. The fraction of sp³-hybridized carbons (Fsp3) is 0.533. The molecule has 0 unspecified atom stereocenters. The zero-order valence-electron chi connectivity index (χ0n) is 12.3. The minimum absolute atomic E-state index is 0.00782. The summed E-state index contributed by atoms with van der Waals surface area (Å²) in [6.45, 7) is 0.649. The van der Waals surface area contributed by atoms with Crippen LogP contribution in [0.4, 0.5) is 13.2 Å². The van der Waals surface area contributed by atoms with Gasteiger partial charge in [0.15, 0.2) is 0 Å². The van der Waals surface area contributed by atoms with Gasteiger partial charge in [-0.25, -0.2) is 0 Å². The van der Waals surface area contributed by atoms with Gasteiger partial charge >= 0.3 is 6.36 Å². The summed E-state index contributed by atoms with van der Waals surface area (Å²) in [5, 5.41) is 2.61. The molecule has 0 spiro atoms. The molecule has 0 saturated carbocycles. The van der Waals surface area contributed by atoms with Gasteiger partial charge in [-0.3, -0.25) is 4.79 Å². The van der Waals surface area contributed by atoms with Crippen LogP contribution >= 0.6 is 0 Å². The Morgan fingerprint density at radius 1 is 1.14 bits per heavy atom. The average molecular weight is 318 g/mol. The molecule has 22 heavy (non-hydrogen) atoms. The van der Waals surface area contributed by atoms with E-state index in [1.54, 1.807) is 6.07 Å². The highest BCUT2D eigenvalue weighted by Gasteiger charge is 2.31. The molecule has 0 aliphatic rings. The summed E-state index contributed by atoms with van der Waals surface area (Å²) in [6.07, 6.45) is -0.823. The van der Waals surface area contributed by atoms with Crippen LogP contribution in [0, 0.1) is 0 Å². The van der Waals surface area contributed by atoms with Crippen LogP contribution in [0.3, 0.4) is 0 Å². The molecule has 124 valence electrons. The number of hydrogen-bond donors (Lipinski definition) is 2. The predicted molar refractivity (Wildman–Crippen MR) is 77.1 cm³/mol. The van der Waals surface area contributed by atoms with E-state index < -0.39 is 6.36 Å². The number of halogens is 3. The van der Waals surface area contributed by atoms with Crippen LogP contribution in [0.2, 0.25) is 0 Å². The van der Waals surface area contributed by atoms with Crippen LogP contribution in [-0.2, 0) is 11.3 Å². The topological polar surface area (TPSA) is 64.4 Å². The lowest BCUT2D eigenvalue weighted by Crippen LogP contribution is -2.24. The van der Waals surface area contributed by atoms with Crippen molar-refractivity contribution in [3.63, 3.8) is 0 Å². The van der Waals surface area contributed by atoms with Crippen molar-refractivity contribution in [3.05, 3.63) is 29.8 Å². The highest BCUT2D eigenvalue weighted by atomic mass is 19.4. The van der Waals surface area contributed by atoms with Crippen LogP contribution in [0.5, 0.6) is 5.75 Å². The Morgan fingerprint density at radius 3 is 2.50 bits per heavy atom. The van der Waals surface area contributed by atoms with Crippen molar-refractivity contribution in [2.24, 2.45) is 5.73 Å². The van der Waals surface area contributed by atoms with Crippen LogP contribution in [-0.4, -0.2) is 18.8 Å². The standard InChI is InChI=1S/C15H21F3N2O2/c16-15(17,18)22-13-8-5-4-7-12(13)11-20-14(21)9-3-1-2-6-10-19/h4-5,7-8H,1-3,6,9-11,19H2,(H,20,21). The summed E-state index contributed by atoms with van der Waals surface area (Å²) < 4.78 is 40.7. The zero-order chi connectivity index (χ0) is 16.4. The number of nitrogens with one attached hydrogen (secondary N) is 1. The quantitative estimate of drug-likeness (QED) is 0.688. The lowest BCUT2D eigenvalue weighted by atomic mass is 10.1. The number of ether oxygens (including phenoxy) is 1. The molecule has 1 amide bonds. The first kappa shape index (κ1) is 18.3. The van der Waals surface area contributed by atoms with E-state index in [1.165, 1.54) is 18.2 Å². The fourth-order valence-corrected chi connectivity index (χ4v) is 1.94. The molecule has 3 N–H and O–H groups in total. The SMILES string of the molecule is NCCCCCCC(=O)NCc1ccccc1OC(F)(F)F. The molecule has 4 nitrogen and oxygen atoms in total. The van der Waals surface area contributed by atoms with E-state index in [-0.39, 0.29) is 23.8 Å². The minimum atomic E-state index is -4.75. The Morgan fingerprint density at radius 2 is 1.82 bits per heavy atom. The van der Waals surface area contributed by atoms with Crippen molar-refractivity contribution in [3.8, 4) is 5.75 Å². The molecular formula is C15H21F3N2O2. The molecule has 0 aromatic heterocycles. The molecule has 0 bridgehead atoms. The Kier molecular flexibility index (Phi) is 7.73. The van der Waals surface area contributed by atoms with Gasteiger partial charge in [-0.05, 0) is 25.5 Å². The molecule has 7 heteroatoms. The maximum Gasteiger partial charge on any atom is 0.573 e. The first-order valence-corrected chi connectivity index (χ1v) is 7.23. The summed E-state index contributed by atoms with van der Waals surface area (Å²) in [6, 6.07) is 5.76. The fourth-order valence-electron chi connectivity index (χ4n) is 1.94. The Hall–Kier alpha value is -1.76. The van der Waals surface area contributed by atoms with E-state index >= 15 is 0 Å². The zero-order valence-corrected chi connectivity index (χ0v) is 12.3. The summed E-state index contributed by atoms with van der Waals surface area (Å²) in [7, 11) is 0. The van der Waals surface area contributed by atoms with Gasteiger partial charge in [-0.15, -0.1) is 13.2 Å². The number of nitrogens with two attached hydrogens (primary N) is 1.